The average molecular weight is 283 g/mol. The number of nitrogens with zero attached hydrogens (tertiary/aromatic N) is 2. The van der Waals surface area contributed by atoms with Gasteiger partial charge in [-0.25, -0.2) is 4.79 Å². The summed E-state index contributed by atoms with van der Waals surface area (Å²) in [6, 6.07) is 12.1. The summed E-state index contributed by atoms with van der Waals surface area (Å²) in [5.74, 6) is 0. The summed E-state index contributed by atoms with van der Waals surface area (Å²) in [5, 5.41) is 2.89. The summed E-state index contributed by atoms with van der Waals surface area (Å²) in [5.41, 5.74) is 3.43. The molecule has 4 nitrogen and oxygen atoms in total. The highest BCUT2D eigenvalue weighted by Crippen LogP contribution is 2.07. The first-order valence-electron chi connectivity index (χ1n) is 7.14. The van der Waals surface area contributed by atoms with E-state index in [1.54, 1.807) is 24.3 Å². The summed E-state index contributed by atoms with van der Waals surface area (Å²) >= 11 is 0. The van der Waals surface area contributed by atoms with Crippen LogP contribution in [-0.2, 0) is 19.5 Å². The highest BCUT2D eigenvalue weighted by Gasteiger charge is 2.08. The Bertz CT molecular complexity index is 566. The number of aromatic nitrogens is 1. The Kier molecular flexibility index (Phi) is 5.32. The number of amides is 2. The highest BCUT2D eigenvalue weighted by atomic mass is 16.2. The first-order valence-corrected chi connectivity index (χ1v) is 7.14. The van der Waals surface area contributed by atoms with E-state index in [9.17, 15) is 4.79 Å². The molecule has 0 saturated carbocycles. The molecular weight excluding hydrogens is 262 g/mol. The maximum absolute atomic E-state index is 12.0. The molecule has 21 heavy (non-hydrogen) atoms. The number of hydrogen-bond acceptors (Lipinski definition) is 2. The smallest absolute Gasteiger partial charge is 0.317 e. The Hall–Kier alpha value is -2.36. The third-order valence-corrected chi connectivity index (χ3v) is 3.36. The average Bonchev–Trinajstić information content (AvgIpc) is 2.54. The Morgan fingerprint density at radius 3 is 2.48 bits per heavy atom. The topological polar surface area (TPSA) is 45.2 Å². The van der Waals surface area contributed by atoms with E-state index in [1.807, 2.05) is 12.1 Å². The molecule has 0 aliphatic rings. The fourth-order valence-corrected chi connectivity index (χ4v) is 2.04. The zero-order chi connectivity index (χ0) is 15.1. The van der Waals surface area contributed by atoms with Crippen molar-refractivity contribution in [2.24, 2.45) is 0 Å². The quantitative estimate of drug-likeness (QED) is 0.917. The third kappa shape index (κ3) is 4.60. The van der Waals surface area contributed by atoms with Crippen molar-refractivity contribution >= 4 is 6.03 Å². The van der Waals surface area contributed by atoms with Gasteiger partial charge < -0.3 is 10.2 Å². The lowest BCUT2D eigenvalue weighted by Crippen LogP contribution is -2.36. The third-order valence-electron chi connectivity index (χ3n) is 3.36. The second kappa shape index (κ2) is 7.43. The van der Waals surface area contributed by atoms with Crippen LogP contribution in [0, 0.1) is 0 Å². The molecule has 4 heteroatoms. The molecule has 1 heterocycles. The molecule has 2 aromatic rings. The Morgan fingerprint density at radius 1 is 1.14 bits per heavy atom. The van der Waals surface area contributed by atoms with E-state index in [4.69, 9.17) is 0 Å². The van der Waals surface area contributed by atoms with Gasteiger partial charge in [-0.05, 0) is 29.2 Å². The molecule has 110 valence electrons. The lowest BCUT2D eigenvalue weighted by molar-refractivity contribution is 0.206. The maximum Gasteiger partial charge on any atom is 0.317 e. The predicted octanol–water partition coefficient (Wildman–Crippen LogP) is 2.99. The lowest BCUT2D eigenvalue weighted by atomic mass is 10.1. The number of pyridine rings is 1. The van der Waals surface area contributed by atoms with Gasteiger partial charge in [-0.15, -0.1) is 0 Å². The second-order valence-electron chi connectivity index (χ2n) is 5.05. The van der Waals surface area contributed by atoms with Crippen LogP contribution in [-0.4, -0.2) is 23.0 Å². The van der Waals surface area contributed by atoms with Crippen molar-refractivity contribution in [1.82, 2.24) is 15.2 Å². The van der Waals surface area contributed by atoms with Crippen LogP contribution in [0.25, 0.3) is 0 Å². The van der Waals surface area contributed by atoms with Gasteiger partial charge in [0, 0.05) is 32.5 Å². The number of carbonyl (C=O) groups is 1. The minimum atomic E-state index is -0.0848. The number of urea groups is 1. The van der Waals surface area contributed by atoms with Crippen LogP contribution in [0.1, 0.15) is 23.6 Å². The first kappa shape index (κ1) is 15.0. The van der Waals surface area contributed by atoms with Crippen LogP contribution < -0.4 is 5.32 Å². The fourth-order valence-electron chi connectivity index (χ4n) is 2.04. The predicted molar refractivity (Wildman–Crippen MR) is 83.8 cm³/mol. The van der Waals surface area contributed by atoms with Crippen LogP contribution in [0.2, 0.25) is 0 Å². The van der Waals surface area contributed by atoms with Gasteiger partial charge in [-0.1, -0.05) is 37.3 Å². The minimum Gasteiger partial charge on any atom is -0.334 e. The first-order chi connectivity index (χ1) is 10.2. The van der Waals surface area contributed by atoms with Gasteiger partial charge in [0.25, 0.3) is 0 Å². The number of aryl methyl sites for hydroxylation is 1. The van der Waals surface area contributed by atoms with Crippen LogP contribution >= 0.6 is 0 Å². The molecule has 0 unspecified atom stereocenters. The number of carbonyl (C=O) groups excluding carboxylic acids is 1. The van der Waals surface area contributed by atoms with E-state index in [2.05, 4.69) is 41.5 Å². The van der Waals surface area contributed by atoms with Crippen molar-refractivity contribution in [1.29, 1.82) is 0 Å². The number of benzene rings is 1. The molecule has 2 amide bonds. The standard InChI is InChI=1S/C17H21N3O/c1-3-14-6-8-15(9-7-14)13-20(2)17(21)19-12-16-5-4-10-18-11-16/h4-11H,3,12-13H2,1-2H3,(H,19,21). The van der Waals surface area contributed by atoms with Crippen LogP contribution in [0.15, 0.2) is 48.8 Å². The Balaban J connectivity index is 1.84. The van der Waals surface area contributed by atoms with Crippen molar-refractivity contribution in [3.63, 3.8) is 0 Å². The number of nitrogens with one attached hydrogen (secondary N) is 1. The van der Waals surface area contributed by atoms with E-state index >= 15 is 0 Å². The molecular formula is C17H21N3O. The summed E-state index contributed by atoms with van der Waals surface area (Å²) < 4.78 is 0. The van der Waals surface area contributed by atoms with E-state index in [-0.39, 0.29) is 6.03 Å². The molecule has 0 radical (unpaired) electrons. The van der Waals surface area contributed by atoms with Gasteiger partial charge in [-0.3, -0.25) is 4.98 Å². The van der Waals surface area contributed by atoms with E-state index in [0.717, 1.165) is 17.5 Å². The molecule has 0 atom stereocenters. The van der Waals surface area contributed by atoms with Gasteiger partial charge in [0.1, 0.15) is 0 Å². The molecule has 0 spiro atoms. The zero-order valence-corrected chi connectivity index (χ0v) is 12.5. The van der Waals surface area contributed by atoms with Crippen molar-refractivity contribution < 1.29 is 4.79 Å². The Morgan fingerprint density at radius 2 is 1.86 bits per heavy atom. The SMILES string of the molecule is CCc1ccc(CN(C)C(=O)NCc2cccnc2)cc1. The van der Waals surface area contributed by atoms with Gasteiger partial charge in [-0.2, -0.15) is 0 Å². The normalized spacial score (nSPS) is 10.2. The van der Waals surface area contributed by atoms with E-state index in [0.29, 0.717) is 13.1 Å². The largest absolute Gasteiger partial charge is 0.334 e. The monoisotopic (exact) mass is 283 g/mol. The van der Waals surface area contributed by atoms with Gasteiger partial charge >= 0.3 is 6.03 Å². The van der Waals surface area contributed by atoms with Crippen LogP contribution in [0.4, 0.5) is 4.79 Å². The number of hydrogen-bond donors (Lipinski definition) is 1. The van der Waals surface area contributed by atoms with E-state index in [1.165, 1.54) is 5.56 Å². The number of rotatable bonds is 5. The molecule has 1 aromatic heterocycles. The summed E-state index contributed by atoms with van der Waals surface area (Å²) in [7, 11) is 1.80. The van der Waals surface area contributed by atoms with Crippen molar-refractivity contribution in [2.45, 2.75) is 26.4 Å². The molecule has 1 N–H and O–H groups in total. The second-order valence-corrected chi connectivity index (χ2v) is 5.05. The van der Waals surface area contributed by atoms with Crippen molar-refractivity contribution in [2.75, 3.05) is 7.05 Å². The van der Waals surface area contributed by atoms with Gasteiger partial charge in [0.05, 0.1) is 0 Å². The lowest BCUT2D eigenvalue weighted by Gasteiger charge is -2.18. The zero-order valence-electron chi connectivity index (χ0n) is 12.5. The molecule has 2 rings (SSSR count). The van der Waals surface area contributed by atoms with Crippen molar-refractivity contribution in [3.8, 4) is 0 Å². The highest BCUT2D eigenvalue weighted by molar-refractivity contribution is 5.73. The molecule has 0 bridgehead atoms. The summed E-state index contributed by atoms with van der Waals surface area (Å²) in [6.07, 6.45) is 4.50. The summed E-state index contributed by atoms with van der Waals surface area (Å²) in [4.78, 5) is 17.7. The minimum absolute atomic E-state index is 0.0848. The van der Waals surface area contributed by atoms with E-state index < -0.39 is 0 Å². The molecule has 0 aliphatic carbocycles. The molecule has 1 aromatic carbocycles. The molecule has 0 aliphatic heterocycles. The van der Waals surface area contributed by atoms with Gasteiger partial charge in [0.2, 0.25) is 0 Å². The fraction of sp³-hybridized carbons (Fsp3) is 0.294. The van der Waals surface area contributed by atoms with Crippen LogP contribution in [0.5, 0.6) is 0 Å². The van der Waals surface area contributed by atoms with Crippen molar-refractivity contribution in [3.05, 3.63) is 65.5 Å². The molecule has 0 fully saturated rings. The molecule has 0 saturated heterocycles. The summed E-state index contributed by atoms with van der Waals surface area (Å²) in [6.45, 7) is 3.22. The van der Waals surface area contributed by atoms with Crippen LogP contribution in [0.3, 0.4) is 0 Å². The van der Waals surface area contributed by atoms with Gasteiger partial charge in [0.15, 0.2) is 0 Å². The maximum atomic E-state index is 12.0. The Labute approximate surface area is 125 Å².